The van der Waals surface area contributed by atoms with Gasteiger partial charge in [0.05, 0.1) is 6.20 Å². The highest BCUT2D eigenvalue weighted by atomic mass is 32.2. The van der Waals surface area contributed by atoms with Gasteiger partial charge in [0, 0.05) is 23.7 Å². The number of thioether (sulfide) groups is 1. The van der Waals surface area contributed by atoms with Crippen LogP contribution in [0.15, 0.2) is 47.6 Å². The van der Waals surface area contributed by atoms with E-state index in [9.17, 15) is 0 Å². The van der Waals surface area contributed by atoms with Crippen LogP contribution in [0.3, 0.4) is 0 Å². The van der Waals surface area contributed by atoms with Crippen LogP contribution in [-0.4, -0.2) is 17.3 Å². The highest BCUT2D eigenvalue weighted by Crippen LogP contribution is 2.31. The van der Waals surface area contributed by atoms with Crippen molar-refractivity contribution in [3.05, 3.63) is 48.3 Å². The van der Waals surface area contributed by atoms with Gasteiger partial charge in [-0.25, -0.2) is 0 Å². The summed E-state index contributed by atoms with van der Waals surface area (Å²) in [6.45, 7) is 0.860. The van der Waals surface area contributed by atoms with Crippen molar-refractivity contribution >= 4 is 11.8 Å². The number of nitrogens with zero attached hydrogens (tertiary/aromatic N) is 1. The molecule has 2 aromatic rings. The van der Waals surface area contributed by atoms with E-state index in [1.807, 2.05) is 24.4 Å². The van der Waals surface area contributed by atoms with E-state index in [0.29, 0.717) is 6.04 Å². The summed E-state index contributed by atoms with van der Waals surface area (Å²) in [4.78, 5) is 5.40. The van der Waals surface area contributed by atoms with E-state index >= 15 is 0 Å². The van der Waals surface area contributed by atoms with E-state index in [0.717, 1.165) is 28.5 Å². The Kier molecular flexibility index (Phi) is 4.23. The summed E-state index contributed by atoms with van der Waals surface area (Å²) in [6, 6.07) is 10.8. The Morgan fingerprint density at radius 1 is 1.30 bits per heavy atom. The minimum Gasteiger partial charge on any atom is -0.455 e. The minimum absolute atomic E-state index is 0.705. The van der Waals surface area contributed by atoms with Crippen LogP contribution < -0.4 is 10.1 Å². The van der Waals surface area contributed by atoms with E-state index in [-0.39, 0.29) is 0 Å². The Balaban J connectivity index is 1.71. The fourth-order valence-corrected chi connectivity index (χ4v) is 2.52. The normalized spacial score (nSPS) is 14.2. The summed E-state index contributed by atoms with van der Waals surface area (Å²) in [7, 11) is 0. The Bertz CT molecular complexity index is 584. The molecule has 1 saturated carbocycles. The molecule has 0 radical (unpaired) electrons. The quantitative estimate of drug-likeness (QED) is 0.818. The SMILES string of the molecule is CSc1ccccc1Oc1cncc(CNC2CC2)c1. The van der Waals surface area contributed by atoms with Crippen LogP contribution in [-0.2, 0) is 6.54 Å². The first kappa shape index (κ1) is 13.5. The number of ether oxygens (including phenoxy) is 1. The van der Waals surface area contributed by atoms with Gasteiger partial charge in [-0.2, -0.15) is 0 Å². The number of nitrogens with one attached hydrogen (secondary N) is 1. The van der Waals surface area contributed by atoms with Gasteiger partial charge in [-0.15, -0.1) is 11.8 Å². The highest BCUT2D eigenvalue weighted by Gasteiger charge is 2.20. The van der Waals surface area contributed by atoms with Crippen LogP contribution >= 0.6 is 11.8 Å². The van der Waals surface area contributed by atoms with Gasteiger partial charge in [0.2, 0.25) is 0 Å². The molecule has 104 valence electrons. The molecule has 1 aliphatic carbocycles. The number of para-hydroxylation sites is 1. The van der Waals surface area contributed by atoms with E-state index in [2.05, 4.69) is 28.7 Å². The average molecular weight is 286 g/mol. The maximum Gasteiger partial charge on any atom is 0.146 e. The molecule has 4 heteroatoms. The van der Waals surface area contributed by atoms with Crippen molar-refractivity contribution < 1.29 is 4.74 Å². The summed E-state index contributed by atoms with van der Waals surface area (Å²) < 4.78 is 5.95. The number of benzene rings is 1. The maximum absolute atomic E-state index is 5.95. The minimum atomic E-state index is 0.705. The Morgan fingerprint density at radius 2 is 2.15 bits per heavy atom. The fraction of sp³-hybridized carbons (Fsp3) is 0.312. The van der Waals surface area contributed by atoms with Crippen molar-refractivity contribution in [3.63, 3.8) is 0 Å². The predicted octanol–water partition coefficient (Wildman–Crippen LogP) is 3.85. The molecule has 1 aromatic carbocycles. The van der Waals surface area contributed by atoms with Crippen LogP contribution in [0.25, 0.3) is 0 Å². The van der Waals surface area contributed by atoms with Crippen molar-refractivity contribution in [2.24, 2.45) is 0 Å². The molecule has 1 N–H and O–H groups in total. The van der Waals surface area contributed by atoms with Crippen molar-refractivity contribution in [3.8, 4) is 11.5 Å². The van der Waals surface area contributed by atoms with Gasteiger partial charge in [-0.3, -0.25) is 4.98 Å². The smallest absolute Gasteiger partial charge is 0.146 e. The molecule has 0 unspecified atom stereocenters. The van der Waals surface area contributed by atoms with Crippen LogP contribution in [0, 0.1) is 0 Å². The Morgan fingerprint density at radius 3 is 2.95 bits per heavy atom. The standard InChI is InChI=1S/C16H18N2OS/c1-20-16-5-3-2-4-15(16)19-14-8-12(9-17-11-14)10-18-13-6-7-13/h2-5,8-9,11,13,18H,6-7,10H2,1H3. The second-order valence-electron chi connectivity index (χ2n) is 4.94. The lowest BCUT2D eigenvalue weighted by Gasteiger charge is -2.10. The van der Waals surface area contributed by atoms with Gasteiger partial charge < -0.3 is 10.1 Å². The monoisotopic (exact) mass is 286 g/mol. The zero-order valence-electron chi connectivity index (χ0n) is 11.5. The molecular formula is C16H18N2OS. The third kappa shape index (κ3) is 3.52. The largest absolute Gasteiger partial charge is 0.455 e. The average Bonchev–Trinajstić information content (AvgIpc) is 3.30. The highest BCUT2D eigenvalue weighted by molar-refractivity contribution is 7.98. The molecule has 3 rings (SSSR count). The third-order valence-corrected chi connectivity index (χ3v) is 4.02. The number of hydrogen-bond acceptors (Lipinski definition) is 4. The molecule has 20 heavy (non-hydrogen) atoms. The molecule has 1 aromatic heterocycles. The molecule has 0 bridgehead atoms. The maximum atomic E-state index is 5.95. The van der Waals surface area contributed by atoms with Crippen molar-refractivity contribution in [2.75, 3.05) is 6.26 Å². The molecule has 0 aliphatic heterocycles. The molecular weight excluding hydrogens is 268 g/mol. The number of rotatable bonds is 6. The lowest BCUT2D eigenvalue weighted by Crippen LogP contribution is -2.15. The second kappa shape index (κ2) is 6.29. The molecule has 1 heterocycles. The summed E-state index contributed by atoms with van der Waals surface area (Å²) in [6.07, 6.45) is 8.30. The zero-order chi connectivity index (χ0) is 13.8. The number of pyridine rings is 1. The van der Waals surface area contributed by atoms with Gasteiger partial charge in [0.25, 0.3) is 0 Å². The lowest BCUT2D eigenvalue weighted by molar-refractivity contribution is 0.467. The van der Waals surface area contributed by atoms with Gasteiger partial charge >= 0.3 is 0 Å². The van der Waals surface area contributed by atoms with Crippen molar-refractivity contribution in [1.29, 1.82) is 0 Å². The molecule has 0 saturated heterocycles. The van der Waals surface area contributed by atoms with Crippen LogP contribution in [0.5, 0.6) is 11.5 Å². The van der Waals surface area contributed by atoms with Crippen LogP contribution in [0.2, 0.25) is 0 Å². The fourth-order valence-electron chi connectivity index (χ4n) is 2.00. The first-order valence-corrected chi connectivity index (χ1v) is 8.06. The predicted molar refractivity (Wildman–Crippen MR) is 82.4 cm³/mol. The molecule has 1 aliphatic rings. The molecule has 1 fully saturated rings. The first-order valence-electron chi connectivity index (χ1n) is 6.83. The van der Waals surface area contributed by atoms with Crippen LogP contribution in [0.1, 0.15) is 18.4 Å². The zero-order valence-corrected chi connectivity index (χ0v) is 12.3. The number of hydrogen-bond donors (Lipinski definition) is 1. The Hall–Kier alpha value is -1.52. The summed E-state index contributed by atoms with van der Waals surface area (Å²) in [5.74, 6) is 1.68. The van der Waals surface area contributed by atoms with E-state index in [1.54, 1.807) is 18.0 Å². The molecule has 0 amide bonds. The van der Waals surface area contributed by atoms with E-state index in [4.69, 9.17) is 4.74 Å². The molecule has 3 nitrogen and oxygen atoms in total. The molecule has 0 atom stereocenters. The van der Waals surface area contributed by atoms with Gasteiger partial charge in [0.15, 0.2) is 0 Å². The van der Waals surface area contributed by atoms with Crippen LogP contribution in [0.4, 0.5) is 0 Å². The lowest BCUT2D eigenvalue weighted by atomic mass is 10.2. The Labute approximate surface area is 123 Å². The van der Waals surface area contributed by atoms with Crippen molar-refractivity contribution in [2.45, 2.75) is 30.3 Å². The van der Waals surface area contributed by atoms with Gasteiger partial charge in [0.1, 0.15) is 11.5 Å². The first-order chi connectivity index (χ1) is 9.85. The van der Waals surface area contributed by atoms with E-state index in [1.165, 1.54) is 12.8 Å². The van der Waals surface area contributed by atoms with E-state index < -0.39 is 0 Å². The summed E-state index contributed by atoms with van der Waals surface area (Å²) >= 11 is 1.68. The van der Waals surface area contributed by atoms with Gasteiger partial charge in [-0.1, -0.05) is 12.1 Å². The summed E-state index contributed by atoms with van der Waals surface area (Å²) in [5.41, 5.74) is 1.16. The third-order valence-electron chi connectivity index (χ3n) is 3.24. The van der Waals surface area contributed by atoms with Crippen molar-refractivity contribution in [1.82, 2.24) is 10.3 Å². The number of aromatic nitrogens is 1. The summed E-state index contributed by atoms with van der Waals surface area (Å²) in [5, 5.41) is 3.49. The molecule has 0 spiro atoms. The second-order valence-corrected chi connectivity index (χ2v) is 5.79. The topological polar surface area (TPSA) is 34.1 Å². The van der Waals surface area contributed by atoms with Gasteiger partial charge in [-0.05, 0) is 42.9 Å².